The van der Waals surface area contributed by atoms with E-state index in [1.54, 1.807) is 31.2 Å². The van der Waals surface area contributed by atoms with Gasteiger partial charge in [0.2, 0.25) is 0 Å². The van der Waals surface area contributed by atoms with Gasteiger partial charge in [0, 0.05) is 35.3 Å². The van der Waals surface area contributed by atoms with Crippen LogP contribution in [-0.4, -0.2) is 17.2 Å². The van der Waals surface area contributed by atoms with Crippen LogP contribution in [0.2, 0.25) is 0 Å². The van der Waals surface area contributed by atoms with Crippen LogP contribution in [0, 0.1) is 17.0 Å². The van der Waals surface area contributed by atoms with Gasteiger partial charge in [-0.05, 0) is 54.4 Å². The number of nitrogens with one attached hydrogen (secondary N) is 1. The van der Waals surface area contributed by atoms with Crippen molar-refractivity contribution in [1.29, 1.82) is 0 Å². The van der Waals surface area contributed by atoms with Crippen molar-refractivity contribution in [2.24, 2.45) is 0 Å². The number of nitrogens with zero attached hydrogens (tertiary/aromatic N) is 1. The van der Waals surface area contributed by atoms with Gasteiger partial charge in [-0.15, -0.1) is 0 Å². The first kappa shape index (κ1) is 24.0. The van der Waals surface area contributed by atoms with Gasteiger partial charge in [0.1, 0.15) is 23.7 Å². The highest BCUT2D eigenvalue weighted by atomic mass is 16.7. The lowest BCUT2D eigenvalue weighted by Crippen LogP contribution is -2.14. The molecule has 0 radical (unpaired) electrons. The lowest BCUT2D eigenvalue weighted by atomic mass is 10.1. The molecular formula is C25H18N2O9. The van der Waals surface area contributed by atoms with Crippen molar-refractivity contribution >= 4 is 34.6 Å². The van der Waals surface area contributed by atoms with Crippen molar-refractivity contribution in [2.45, 2.75) is 13.5 Å². The fourth-order valence-corrected chi connectivity index (χ4v) is 3.21. The molecule has 1 aromatic heterocycles. The van der Waals surface area contributed by atoms with E-state index >= 15 is 0 Å². The van der Waals surface area contributed by atoms with Crippen LogP contribution in [0.5, 0.6) is 11.5 Å². The summed E-state index contributed by atoms with van der Waals surface area (Å²) in [7, 11) is 0. The van der Waals surface area contributed by atoms with Gasteiger partial charge in [-0.1, -0.05) is 12.1 Å². The number of nitro groups is 1. The van der Waals surface area contributed by atoms with Crippen LogP contribution < -0.4 is 20.4 Å². The van der Waals surface area contributed by atoms with Gasteiger partial charge in [-0.2, -0.15) is 0 Å². The van der Waals surface area contributed by atoms with E-state index in [4.69, 9.17) is 18.6 Å². The highest BCUT2D eigenvalue weighted by Crippen LogP contribution is 2.22. The number of anilines is 1. The van der Waals surface area contributed by atoms with Crippen molar-refractivity contribution in [3.63, 3.8) is 0 Å². The zero-order valence-electron chi connectivity index (χ0n) is 18.8. The number of rotatable bonds is 6. The number of fused-ring (bicyclic) bond motifs is 1. The molecule has 0 saturated carbocycles. The Labute approximate surface area is 203 Å². The first-order valence-corrected chi connectivity index (χ1v) is 10.5. The Morgan fingerprint density at radius 3 is 2.22 bits per heavy atom. The third-order valence-electron chi connectivity index (χ3n) is 4.94. The Bertz CT molecular complexity index is 1490. The third-order valence-corrected chi connectivity index (χ3v) is 4.94. The summed E-state index contributed by atoms with van der Waals surface area (Å²) in [5, 5.41) is 14.0. The summed E-state index contributed by atoms with van der Waals surface area (Å²) in [5.41, 5.74) is 1.52. The topological polar surface area (TPSA) is 147 Å². The molecule has 4 rings (SSSR count). The minimum absolute atomic E-state index is 0.0544. The third kappa shape index (κ3) is 6.03. The zero-order valence-corrected chi connectivity index (χ0v) is 18.8. The fraction of sp³-hybridized carbons (Fsp3) is 0.0800. The van der Waals surface area contributed by atoms with Gasteiger partial charge in [0.15, 0.2) is 0 Å². The zero-order chi connectivity index (χ0) is 25.7. The molecular weight excluding hydrogens is 472 g/mol. The van der Waals surface area contributed by atoms with Crippen molar-refractivity contribution < 1.29 is 33.1 Å². The highest BCUT2D eigenvalue weighted by molar-refractivity contribution is 5.89. The summed E-state index contributed by atoms with van der Waals surface area (Å²) in [6.07, 6.45) is -1.73. The molecule has 11 nitrogen and oxygen atoms in total. The second-order valence-corrected chi connectivity index (χ2v) is 7.51. The number of hydrogen-bond donors (Lipinski definition) is 1. The molecule has 0 bridgehead atoms. The quantitative estimate of drug-likeness (QED) is 0.124. The molecule has 0 saturated heterocycles. The second-order valence-electron chi connectivity index (χ2n) is 7.51. The maximum atomic E-state index is 12.2. The number of carbonyl (C=O) groups is 2. The van der Waals surface area contributed by atoms with E-state index in [1.165, 1.54) is 48.5 Å². The maximum Gasteiger partial charge on any atom is 0.519 e. The largest absolute Gasteiger partial charge is 0.519 e. The minimum atomic E-state index is -1.02. The second kappa shape index (κ2) is 10.4. The van der Waals surface area contributed by atoms with E-state index in [0.717, 1.165) is 10.9 Å². The number of hydrogen-bond acceptors (Lipinski definition) is 9. The van der Waals surface area contributed by atoms with Gasteiger partial charge < -0.3 is 18.6 Å². The fourth-order valence-electron chi connectivity index (χ4n) is 3.21. The van der Waals surface area contributed by atoms with Crippen LogP contribution in [0.1, 0.15) is 11.1 Å². The standard InChI is InChI=1S/C25H18N2O9/c1-15-12-23(28)36-22-13-17(4-11-21(15)22)26-24(29)33-14-16-2-7-19(8-3-16)34-25(30)35-20-9-5-18(6-10-20)27(31)32/h2-13H,14H2,1H3,(H,26,29). The average molecular weight is 490 g/mol. The number of amides is 1. The van der Waals surface area contributed by atoms with Crippen LogP contribution >= 0.6 is 0 Å². The molecule has 11 heteroatoms. The van der Waals surface area contributed by atoms with Crippen LogP contribution in [0.4, 0.5) is 21.0 Å². The first-order valence-electron chi connectivity index (χ1n) is 10.5. The van der Waals surface area contributed by atoms with Crippen LogP contribution in [0.15, 0.2) is 82.0 Å². The molecule has 0 fully saturated rings. The maximum absolute atomic E-state index is 12.2. The normalized spacial score (nSPS) is 10.5. The average Bonchev–Trinajstić information content (AvgIpc) is 2.83. The van der Waals surface area contributed by atoms with E-state index in [2.05, 4.69) is 5.32 Å². The van der Waals surface area contributed by atoms with E-state index in [0.29, 0.717) is 16.8 Å². The number of non-ortho nitro benzene ring substituents is 1. The molecule has 1 heterocycles. The molecule has 0 atom stereocenters. The molecule has 0 spiro atoms. The summed E-state index contributed by atoms with van der Waals surface area (Å²) < 4.78 is 20.4. The number of benzene rings is 3. The molecule has 0 unspecified atom stereocenters. The molecule has 1 amide bonds. The highest BCUT2D eigenvalue weighted by Gasteiger charge is 2.11. The monoisotopic (exact) mass is 490 g/mol. The number of aryl methyl sites for hydroxylation is 1. The van der Waals surface area contributed by atoms with Gasteiger partial charge >= 0.3 is 17.9 Å². The lowest BCUT2D eigenvalue weighted by molar-refractivity contribution is -0.384. The molecule has 1 N–H and O–H groups in total. The number of nitro benzene ring substituents is 1. The Morgan fingerprint density at radius 1 is 0.944 bits per heavy atom. The number of carbonyl (C=O) groups excluding carboxylic acids is 2. The summed E-state index contributed by atoms with van der Waals surface area (Å²) in [4.78, 5) is 45.7. The van der Waals surface area contributed by atoms with Crippen molar-refractivity contribution in [2.75, 3.05) is 5.32 Å². The SMILES string of the molecule is Cc1cc(=O)oc2cc(NC(=O)OCc3ccc(OC(=O)Oc4ccc([N+](=O)[O-])cc4)cc3)ccc12. The van der Waals surface area contributed by atoms with Gasteiger partial charge in [-0.3, -0.25) is 15.4 Å². The molecule has 0 aliphatic rings. The predicted octanol–water partition coefficient (Wildman–Crippen LogP) is 5.34. The summed E-state index contributed by atoms with van der Waals surface area (Å²) in [6.45, 7) is 1.74. The van der Waals surface area contributed by atoms with Crippen LogP contribution in [0.25, 0.3) is 11.0 Å². The molecule has 182 valence electrons. The smallest absolute Gasteiger partial charge is 0.444 e. The molecule has 0 aliphatic carbocycles. The Morgan fingerprint density at radius 2 is 1.58 bits per heavy atom. The van der Waals surface area contributed by atoms with Gasteiger partial charge in [0.05, 0.1) is 4.92 Å². The summed E-state index contributed by atoms with van der Waals surface area (Å²) in [6, 6.07) is 17.4. The minimum Gasteiger partial charge on any atom is -0.444 e. The van der Waals surface area contributed by atoms with Crippen LogP contribution in [-0.2, 0) is 11.3 Å². The Kier molecular flexibility index (Phi) is 6.91. The van der Waals surface area contributed by atoms with Crippen molar-refractivity contribution in [3.05, 3.63) is 104 Å². The van der Waals surface area contributed by atoms with Gasteiger partial charge in [-0.25, -0.2) is 14.4 Å². The lowest BCUT2D eigenvalue weighted by Gasteiger charge is -2.09. The van der Waals surface area contributed by atoms with Crippen molar-refractivity contribution in [3.8, 4) is 11.5 Å². The molecule has 3 aromatic carbocycles. The summed E-state index contributed by atoms with van der Waals surface area (Å²) >= 11 is 0. The van der Waals surface area contributed by atoms with Crippen molar-refractivity contribution in [1.82, 2.24) is 0 Å². The van der Waals surface area contributed by atoms with E-state index < -0.39 is 22.8 Å². The molecule has 0 aliphatic heterocycles. The summed E-state index contributed by atoms with van der Waals surface area (Å²) in [5.74, 6) is 0.272. The van der Waals surface area contributed by atoms with Gasteiger partial charge in [0.25, 0.3) is 5.69 Å². The van der Waals surface area contributed by atoms with E-state index in [1.807, 2.05) is 0 Å². The molecule has 36 heavy (non-hydrogen) atoms. The van der Waals surface area contributed by atoms with Crippen LogP contribution in [0.3, 0.4) is 0 Å². The predicted molar refractivity (Wildman–Crippen MR) is 127 cm³/mol. The Balaban J connectivity index is 1.27. The Hall–Kier alpha value is -5.19. The number of ether oxygens (including phenoxy) is 3. The first-order chi connectivity index (χ1) is 17.3. The van der Waals surface area contributed by atoms with E-state index in [9.17, 15) is 24.5 Å². The van der Waals surface area contributed by atoms with E-state index in [-0.39, 0.29) is 23.8 Å². The molecule has 4 aromatic rings.